The Bertz CT molecular complexity index is 412. The molecule has 1 aromatic heterocycles. The molecule has 0 spiro atoms. The van der Waals surface area contributed by atoms with Crippen LogP contribution in [0, 0.1) is 5.92 Å². The van der Waals surface area contributed by atoms with Gasteiger partial charge in [-0.05, 0) is 43.9 Å². The van der Waals surface area contributed by atoms with E-state index in [-0.39, 0.29) is 6.61 Å². The molecule has 1 aromatic rings. The molecule has 1 aliphatic heterocycles. The zero-order valence-electron chi connectivity index (χ0n) is 11.4. The maximum absolute atomic E-state index is 9.05. The lowest BCUT2D eigenvalue weighted by atomic mass is 9.95. The molecule has 0 amide bonds. The quantitative estimate of drug-likeness (QED) is 0.871. The van der Waals surface area contributed by atoms with Crippen LogP contribution in [0.4, 0.5) is 5.82 Å². The van der Waals surface area contributed by atoms with Gasteiger partial charge in [-0.3, -0.25) is 4.90 Å². The summed E-state index contributed by atoms with van der Waals surface area (Å²) in [5, 5.41) is 12.8. The minimum atomic E-state index is 0.284. The highest BCUT2D eigenvalue weighted by atomic mass is 35.5. The summed E-state index contributed by atoms with van der Waals surface area (Å²) in [4.78, 5) is 6.91. The second-order valence-corrected chi connectivity index (χ2v) is 5.54. The molecule has 2 rings (SSSR count). The van der Waals surface area contributed by atoms with Gasteiger partial charge < -0.3 is 10.4 Å². The van der Waals surface area contributed by atoms with Crippen molar-refractivity contribution in [2.24, 2.45) is 5.92 Å². The Morgan fingerprint density at radius 2 is 2.37 bits per heavy atom. The lowest BCUT2D eigenvalue weighted by Gasteiger charge is -2.32. The summed E-state index contributed by atoms with van der Waals surface area (Å²) in [5.74, 6) is 1.45. The van der Waals surface area contributed by atoms with E-state index in [0.717, 1.165) is 42.6 Å². The molecule has 19 heavy (non-hydrogen) atoms. The fourth-order valence-corrected chi connectivity index (χ4v) is 2.82. The third-order valence-corrected chi connectivity index (χ3v) is 4.03. The molecular formula is C14H22ClN3O. The molecule has 0 saturated carbocycles. The smallest absolute Gasteiger partial charge is 0.126 e. The topological polar surface area (TPSA) is 48.4 Å². The van der Waals surface area contributed by atoms with Gasteiger partial charge in [0.05, 0.1) is 10.7 Å². The molecule has 5 heteroatoms. The van der Waals surface area contributed by atoms with Crippen LogP contribution in [0.1, 0.15) is 25.0 Å². The Balaban J connectivity index is 2.00. The number of nitrogens with one attached hydrogen (secondary N) is 1. The van der Waals surface area contributed by atoms with Gasteiger partial charge in [-0.1, -0.05) is 11.6 Å². The van der Waals surface area contributed by atoms with Crippen LogP contribution >= 0.6 is 11.6 Å². The van der Waals surface area contributed by atoms with E-state index in [4.69, 9.17) is 16.7 Å². The maximum atomic E-state index is 9.05. The van der Waals surface area contributed by atoms with Crippen molar-refractivity contribution in [1.29, 1.82) is 0 Å². The highest BCUT2D eigenvalue weighted by Gasteiger charge is 2.20. The Labute approximate surface area is 119 Å². The van der Waals surface area contributed by atoms with Crippen LogP contribution in [-0.4, -0.2) is 41.7 Å². The van der Waals surface area contributed by atoms with Crippen LogP contribution in [0.3, 0.4) is 0 Å². The number of aliphatic hydroxyl groups excluding tert-OH is 1. The fraction of sp³-hybridized carbons (Fsp3) is 0.643. The molecule has 1 unspecified atom stereocenters. The standard InChI is InChI=1S/C14H22ClN3O/c1-16-14-5-4-12(15)13(17-14)10-18-7-2-3-11(9-18)6-8-19/h4-5,11,19H,2-3,6-10H2,1H3,(H,16,17). The van der Waals surface area contributed by atoms with Gasteiger partial charge in [0.1, 0.15) is 5.82 Å². The monoisotopic (exact) mass is 283 g/mol. The van der Waals surface area contributed by atoms with Crippen molar-refractivity contribution in [3.63, 3.8) is 0 Å². The molecule has 0 aliphatic carbocycles. The number of anilines is 1. The SMILES string of the molecule is CNc1ccc(Cl)c(CN2CCCC(CCO)C2)n1. The number of halogens is 1. The molecular weight excluding hydrogens is 262 g/mol. The number of pyridine rings is 1. The number of likely N-dealkylation sites (tertiary alicyclic amines) is 1. The fourth-order valence-electron chi connectivity index (χ4n) is 2.66. The van der Waals surface area contributed by atoms with E-state index >= 15 is 0 Å². The van der Waals surface area contributed by atoms with Gasteiger partial charge in [-0.25, -0.2) is 4.98 Å². The zero-order valence-corrected chi connectivity index (χ0v) is 12.2. The summed E-state index contributed by atoms with van der Waals surface area (Å²) in [6.07, 6.45) is 3.30. The molecule has 1 atom stereocenters. The molecule has 0 radical (unpaired) electrons. The van der Waals surface area contributed by atoms with E-state index in [1.165, 1.54) is 12.8 Å². The zero-order chi connectivity index (χ0) is 13.7. The second kappa shape index (κ2) is 7.08. The van der Waals surface area contributed by atoms with E-state index in [0.29, 0.717) is 5.92 Å². The summed E-state index contributed by atoms with van der Waals surface area (Å²) in [6.45, 7) is 3.19. The summed E-state index contributed by atoms with van der Waals surface area (Å²) in [6, 6.07) is 3.78. The van der Waals surface area contributed by atoms with E-state index in [2.05, 4.69) is 15.2 Å². The molecule has 106 valence electrons. The highest BCUT2D eigenvalue weighted by molar-refractivity contribution is 6.31. The van der Waals surface area contributed by atoms with Crippen LogP contribution < -0.4 is 5.32 Å². The van der Waals surface area contributed by atoms with Crippen LogP contribution in [0.25, 0.3) is 0 Å². The van der Waals surface area contributed by atoms with Gasteiger partial charge in [-0.15, -0.1) is 0 Å². The van der Waals surface area contributed by atoms with Crippen LogP contribution in [0.2, 0.25) is 5.02 Å². The summed E-state index contributed by atoms with van der Waals surface area (Å²) < 4.78 is 0. The Morgan fingerprint density at radius 3 is 3.11 bits per heavy atom. The molecule has 2 heterocycles. The van der Waals surface area contributed by atoms with Crippen molar-refractivity contribution in [2.75, 3.05) is 32.1 Å². The summed E-state index contributed by atoms with van der Waals surface area (Å²) in [5.41, 5.74) is 0.929. The summed E-state index contributed by atoms with van der Waals surface area (Å²) in [7, 11) is 1.86. The van der Waals surface area contributed by atoms with Crippen LogP contribution in [0.5, 0.6) is 0 Å². The number of aromatic nitrogens is 1. The first-order chi connectivity index (χ1) is 9.22. The van der Waals surface area contributed by atoms with Crippen molar-refractivity contribution in [2.45, 2.75) is 25.8 Å². The van der Waals surface area contributed by atoms with Crippen molar-refractivity contribution >= 4 is 17.4 Å². The van der Waals surface area contributed by atoms with E-state index in [1.807, 2.05) is 19.2 Å². The van der Waals surface area contributed by atoms with Gasteiger partial charge in [0.15, 0.2) is 0 Å². The molecule has 1 aliphatic rings. The molecule has 0 aromatic carbocycles. The van der Waals surface area contributed by atoms with Crippen molar-refractivity contribution < 1.29 is 5.11 Å². The Morgan fingerprint density at radius 1 is 1.53 bits per heavy atom. The molecule has 1 fully saturated rings. The van der Waals surface area contributed by atoms with Crippen molar-refractivity contribution in [3.05, 3.63) is 22.8 Å². The third kappa shape index (κ3) is 4.06. The number of aliphatic hydroxyl groups is 1. The molecule has 1 saturated heterocycles. The second-order valence-electron chi connectivity index (χ2n) is 5.13. The van der Waals surface area contributed by atoms with Crippen molar-refractivity contribution in [1.82, 2.24) is 9.88 Å². The van der Waals surface area contributed by atoms with Gasteiger partial charge in [0, 0.05) is 26.7 Å². The Hall–Kier alpha value is -0.840. The van der Waals surface area contributed by atoms with E-state index < -0.39 is 0 Å². The van der Waals surface area contributed by atoms with Gasteiger partial charge >= 0.3 is 0 Å². The lowest BCUT2D eigenvalue weighted by molar-refractivity contribution is 0.141. The number of hydrogen-bond donors (Lipinski definition) is 2. The molecule has 0 bridgehead atoms. The third-order valence-electron chi connectivity index (χ3n) is 3.69. The highest BCUT2D eigenvalue weighted by Crippen LogP contribution is 2.23. The van der Waals surface area contributed by atoms with Gasteiger partial charge in [-0.2, -0.15) is 0 Å². The number of hydrogen-bond acceptors (Lipinski definition) is 4. The Kier molecular flexibility index (Phi) is 5.43. The largest absolute Gasteiger partial charge is 0.396 e. The molecule has 4 nitrogen and oxygen atoms in total. The van der Waals surface area contributed by atoms with Crippen LogP contribution in [0.15, 0.2) is 12.1 Å². The van der Waals surface area contributed by atoms with Gasteiger partial charge in [0.25, 0.3) is 0 Å². The number of nitrogens with zero attached hydrogens (tertiary/aromatic N) is 2. The number of piperidine rings is 1. The normalized spacial score (nSPS) is 20.5. The molecule has 2 N–H and O–H groups in total. The first-order valence-electron chi connectivity index (χ1n) is 6.89. The lowest BCUT2D eigenvalue weighted by Crippen LogP contribution is -2.35. The van der Waals surface area contributed by atoms with E-state index in [1.54, 1.807) is 0 Å². The number of rotatable bonds is 5. The predicted octanol–water partition coefficient (Wildman–Crippen LogP) is 2.37. The van der Waals surface area contributed by atoms with Gasteiger partial charge in [0.2, 0.25) is 0 Å². The van der Waals surface area contributed by atoms with Crippen molar-refractivity contribution in [3.8, 4) is 0 Å². The summed E-state index contributed by atoms with van der Waals surface area (Å²) >= 11 is 6.21. The van der Waals surface area contributed by atoms with Crippen LogP contribution in [-0.2, 0) is 6.54 Å². The minimum Gasteiger partial charge on any atom is -0.396 e. The first-order valence-corrected chi connectivity index (χ1v) is 7.27. The predicted molar refractivity (Wildman–Crippen MR) is 78.5 cm³/mol. The average molecular weight is 284 g/mol. The minimum absolute atomic E-state index is 0.284. The first kappa shape index (κ1) is 14.6. The maximum Gasteiger partial charge on any atom is 0.126 e. The average Bonchev–Trinajstić information content (AvgIpc) is 2.42. The van der Waals surface area contributed by atoms with E-state index in [9.17, 15) is 0 Å².